The van der Waals surface area contributed by atoms with Crippen molar-refractivity contribution in [3.63, 3.8) is 0 Å². The minimum atomic E-state index is 0. The fraction of sp³-hybridized carbons (Fsp3) is 0.750. The Morgan fingerprint density at radius 2 is 1.56 bits per heavy atom. The van der Waals surface area contributed by atoms with E-state index in [1.165, 1.54) is 0 Å². The number of hydrogen-bond donors (Lipinski definition) is 0. The maximum Gasteiger partial charge on any atom is 0.293 e. The van der Waals surface area contributed by atoms with Gasteiger partial charge in [0.2, 0.25) is 0 Å². The zero-order valence-corrected chi connectivity index (χ0v) is 7.65. The first-order valence-electron chi connectivity index (χ1n) is 1.86. The van der Waals surface area contributed by atoms with Crippen molar-refractivity contribution in [1.29, 1.82) is 0 Å². The molecule has 0 aromatic heterocycles. The highest BCUT2D eigenvalue weighted by Crippen LogP contribution is 1.79. The Morgan fingerprint density at radius 3 is 1.56 bits per heavy atom. The Hall–Kier alpha value is 0.340. The lowest BCUT2D eigenvalue weighted by Crippen LogP contribution is -1.98. The molecule has 0 fully saturated rings. The summed E-state index contributed by atoms with van der Waals surface area (Å²) < 4.78 is 4.36. The van der Waals surface area contributed by atoms with Gasteiger partial charge in [0.15, 0.2) is 0 Å². The van der Waals surface area contributed by atoms with Gasteiger partial charge < -0.3 is 4.74 Å². The van der Waals surface area contributed by atoms with Crippen LogP contribution < -0.4 is 0 Å². The summed E-state index contributed by atoms with van der Waals surface area (Å²) in [5, 5.41) is 0. The molecule has 60 valence electrons. The van der Waals surface area contributed by atoms with Gasteiger partial charge in [-0.1, -0.05) is 0 Å². The smallest absolute Gasteiger partial charge is 0.293 e. The summed E-state index contributed by atoms with van der Waals surface area (Å²) in [7, 11) is 0. The van der Waals surface area contributed by atoms with Crippen molar-refractivity contribution >= 4 is 43.7 Å². The molecule has 0 saturated carbocycles. The van der Waals surface area contributed by atoms with Gasteiger partial charge in [0.1, 0.15) is 0 Å². The maximum absolute atomic E-state index is 9.39. The van der Waals surface area contributed by atoms with E-state index in [9.17, 15) is 4.79 Å². The van der Waals surface area contributed by atoms with Crippen LogP contribution in [0.15, 0.2) is 0 Å². The van der Waals surface area contributed by atoms with E-state index in [1.807, 2.05) is 0 Å². The van der Waals surface area contributed by atoms with E-state index < -0.39 is 0 Å². The Kier molecular flexibility index (Phi) is 39.9. The predicted molar refractivity (Wildman–Crippen MR) is 44.0 cm³/mol. The van der Waals surface area contributed by atoms with Gasteiger partial charge in [0.05, 0.1) is 6.10 Å². The first-order valence-corrected chi connectivity index (χ1v) is 1.86. The van der Waals surface area contributed by atoms with E-state index in [2.05, 4.69) is 4.74 Å². The van der Waals surface area contributed by atoms with E-state index in [0.717, 1.165) is 0 Å². The van der Waals surface area contributed by atoms with Crippen LogP contribution in [0.1, 0.15) is 13.8 Å². The topological polar surface area (TPSA) is 26.3 Å². The van der Waals surface area contributed by atoms with Gasteiger partial charge >= 0.3 is 0 Å². The molecule has 0 amide bonds. The van der Waals surface area contributed by atoms with Gasteiger partial charge in [-0.2, -0.15) is 0 Å². The van der Waals surface area contributed by atoms with Crippen LogP contribution in [-0.2, 0) is 9.53 Å². The zero-order valence-electron chi connectivity index (χ0n) is 5.20. The molecule has 0 heterocycles. The molecule has 2 nitrogen and oxygen atoms in total. The van der Waals surface area contributed by atoms with Crippen LogP contribution in [0.2, 0.25) is 0 Å². The normalized spacial score (nSPS) is 5.67. The van der Waals surface area contributed by atoms with Crippen LogP contribution in [0.4, 0.5) is 0 Å². The molecule has 0 bridgehead atoms. The standard InChI is InChI=1S/C4H8O2.3ClH/c1-4(2)6-3-5;;;/h3-4H,1-2H3;3*1H. The number of rotatable bonds is 2. The Balaban J connectivity index is -0.0000000417. The lowest BCUT2D eigenvalue weighted by molar-refractivity contribution is -0.131. The first kappa shape index (κ1) is 22.8. The fourth-order valence-electron chi connectivity index (χ4n) is 0.111. The highest BCUT2D eigenvalue weighted by Gasteiger charge is 1.83. The quantitative estimate of drug-likeness (QED) is 0.632. The van der Waals surface area contributed by atoms with E-state index in [0.29, 0.717) is 6.47 Å². The second kappa shape index (κ2) is 15.8. The van der Waals surface area contributed by atoms with E-state index in [4.69, 9.17) is 0 Å². The molecule has 5 heteroatoms. The lowest BCUT2D eigenvalue weighted by atomic mass is 10.5. The number of hydrogen-bond acceptors (Lipinski definition) is 2. The molecule has 0 atom stereocenters. The summed E-state index contributed by atoms with van der Waals surface area (Å²) in [5.41, 5.74) is 0. The molecule has 0 aliphatic rings. The molecule has 0 aromatic rings. The van der Waals surface area contributed by atoms with Crippen LogP contribution in [0, 0.1) is 0 Å². The SMILES string of the molecule is CC(C)OC=O.Cl.Cl.Cl. The molecule has 0 aliphatic heterocycles. The van der Waals surface area contributed by atoms with Crippen LogP contribution >= 0.6 is 37.2 Å². The molecule has 0 spiro atoms. The average Bonchev–Trinajstić information content (AvgIpc) is 1.35. The lowest BCUT2D eigenvalue weighted by Gasteiger charge is -1.96. The van der Waals surface area contributed by atoms with Crippen molar-refractivity contribution in [2.45, 2.75) is 20.0 Å². The van der Waals surface area contributed by atoms with Crippen molar-refractivity contribution in [2.75, 3.05) is 0 Å². The van der Waals surface area contributed by atoms with Crippen LogP contribution in [0.3, 0.4) is 0 Å². The van der Waals surface area contributed by atoms with Gasteiger partial charge in [-0.15, -0.1) is 37.2 Å². The second-order valence-corrected chi connectivity index (χ2v) is 1.28. The van der Waals surface area contributed by atoms with Crippen LogP contribution in [0.5, 0.6) is 0 Å². The number of halogens is 3. The predicted octanol–water partition coefficient (Wildman–Crippen LogP) is 1.83. The third-order valence-corrected chi connectivity index (χ3v) is 0.328. The number of ether oxygens (including phenoxy) is 1. The molecule has 0 rings (SSSR count). The third kappa shape index (κ3) is 30.1. The number of carbonyl (C=O) groups is 1. The summed E-state index contributed by atoms with van der Waals surface area (Å²) in [5.74, 6) is 0. The molecule has 0 saturated heterocycles. The molecular formula is C4H11Cl3O2. The monoisotopic (exact) mass is 196 g/mol. The Morgan fingerprint density at radius 1 is 1.22 bits per heavy atom. The first-order chi connectivity index (χ1) is 2.77. The number of carbonyl (C=O) groups excluding carboxylic acids is 1. The van der Waals surface area contributed by atoms with Gasteiger partial charge in [-0.05, 0) is 13.8 Å². The minimum Gasteiger partial charge on any atom is -0.465 e. The van der Waals surface area contributed by atoms with Gasteiger partial charge in [0, 0.05) is 0 Å². The molecule has 0 aliphatic carbocycles. The molecule has 9 heavy (non-hydrogen) atoms. The largest absolute Gasteiger partial charge is 0.465 e. The summed E-state index contributed by atoms with van der Waals surface area (Å²) >= 11 is 0. The van der Waals surface area contributed by atoms with Crippen molar-refractivity contribution in [3.8, 4) is 0 Å². The Labute approximate surface area is 73.6 Å². The summed E-state index contributed by atoms with van der Waals surface area (Å²) in [6.07, 6.45) is 0.0301. The molecule has 0 radical (unpaired) electrons. The van der Waals surface area contributed by atoms with E-state index in [-0.39, 0.29) is 43.3 Å². The van der Waals surface area contributed by atoms with Gasteiger partial charge in [-0.3, -0.25) is 4.79 Å². The molecule has 0 aromatic carbocycles. The molecule has 0 N–H and O–H groups in total. The van der Waals surface area contributed by atoms with Crippen LogP contribution in [0.25, 0.3) is 0 Å². The summed E-state index contributed by atoms with van der Waals surface area (Å²) in [4.78, 5) is 9.39. The van der Waals surface area contributed by atoms with Crippen LogP contribution in [-0.4, -0.2) is 12.6 Å². The fourth-order valence-corrected chi connectivity index (χ4v) is 0.111. The second-order valence-electron chi connectivity index (χ2n) is 1.28. The molecule has 0 unspecified atom stereocenters. The van der Waals surface area contributed by atoms with Crippen molar-refractivity contribution in [2.24, 2.45) is 0 Å². The highest BCUT2D eigenvalue weighted by molar-refractivity contribution is 5.86. The highest BCUT2D eigenvalue weighted by atomic mass is 35.5. The van der Waals surface area contributed by atoms with Crippen molar-refractivity contribution in [3.05, 3.63) is 0 Å². The summed E-state index contributed by atoms with van der Waals surface area (Å²) in [6.45, 7) is 4.05. The van der Waals surface area contributed by atoms with E-state index >= 15 is 0 Å². The Bertz CT molecular complexity index is 49.1. The van der Waals surface area contributed by atoms with Gasteiger partial charge in [-0.25, -0.2) is 0 Å². The molecular weight excluding hydrogens is 186 g/mol. The average molecular weight is 197 g/mol. The zero-order chi connectivity index (χ0) is 4.99. The minimum absolute atomic E-state index is 0. The van der Waals surface area contributed by atoms with Crippen molar-refractivity contribution < 1.29 is 9.53 Å². The third-order valence-electron chi connectivity index (χ3n) is 0.328. The van der Waals surface area contributed by atoms with E-state index in [1.54, 1.807) is 13.8 Å². The van der Waals surface area contributed by atoms with Crippen molar-refractivity contribution in [1.82, 2.24) is 0 Å². The maximum atomic E-state index is 9.39. The summed E-state index contributed by atoms with van der Waals surface area (Å²) in [6, 6.07) is 0. The van der Waals surface area contributed by atoms with Gasteiger partial charge in [0.25, 0.3) is 6.47 Å².